The molecule has 3 aromatic rings. The van der Waals surface area contributed by atoms with Crippen LogP contribution in [0.5, 0.6) is 17.2 Å². The maximum Gasteiger partial charge on any atom is 0.482 e. The van der Waals surface area contributed by atoms with Gasteiger partial charge in [0.05, 0.1) is 44.7 Å². The molecule has 292 valence electrons. The number of carbonyl (C=O) groups is 2. The molecular weight excluding hydrogens is 699 g/mol. The highest BCUT2D eigenvalue weighted by atomic mass is 16.7. The number of ether oxygens (including phenoxy) is 4. The lowest BCUT2D eigenvalue weighted by Crippen LogP contribution is -2.65. The van der Waals surface area contributed by atoms with Gasteiger partial charge in [-0.25, -0.2) is 9.79 Å². The van der Waals surface area contributed by atoms with Crippen molar-refractivity contribution in [2.24, 2.45) is 22.2 Å². The van der Waals surface area contributed by atoms with E-state index < -0.39 is 30.2 Å². The van der Waals surface area contributed by atoms with Crippen molar-refractivity contribution in [1.29, 1.82) is 0 Å². The molecule has 3 aliphatic carbocycles. The standard InChI is InChI=1S/C42H53BN4O8/c1-40(2,3)53-38(49)30-12-10-11-24(36(30)52-9)18-35(43-54-34-20-28-19-33(41(28,4)5)42(34,6)55-43)47-37(48)25-13-14-26-22-44-39(46-31(26)17-25)45-23-27-15-16-29(50-7)21-32(27)51-8/h10-17,21,28,33-35H,18-20,22-23H2,1-9H3,(H,47,48)(H2,44,45,46)/t28?,33?,34?,35-,42?/m0/s1. The first-order chi connectivity index (χ1) is 26.1. The van der Waals surface area contributed by atoms with Crippen molar-refractivity contribution in [3.05, 3.63) is 82.4 Å². The third kappa shape index (κ3) is 7.48. The van der Waals surface area contributed by atoms with Gasteiger partial charge in [0.15, 0.2) is 5.96 Å². The van der Waals surface area contributed by atoms with Crippen LogP contribution < -0.4 is 30.2 Å². The number of methoxy groups -OCH3 is 3. The molecule has 0 radical (unpaired) electrons. The number of aliphatic imine (C=N–C) groups is 1. The first-order valence-corrected chi connectivity index (χ1v) is 19.1. The number of rotatable bonds is 11. The number of esters is 1. The van der Waals surface area contributed by atoms with Gasteiger partial charge in [-0.2, -0.15) is 0 Å². The molecule has 55 heavy (non-hydrogen) atoms. The molecule has 13 heteroatoms. The molecule has 3 aromatic carbocycles. The minimum Gasteiger partial charge on any atom is -0.497 e. The van der Waals surface area contributed by atoms with Crippen LogP contribution in [-0.2, 0) is 33.6 Å². The number of hydrogen-bond acceptors (Lipinski definition) is 11. The monoisotopic (exact) mass is 752 g/mol. The van der Waals surface area contributed by atoms with Crippen molar-refractivity contribution in [3.63, 3.8) is 0 Å². The molecule has 3 saturated carbocycles. The Kier molecular flexibility index (Phi) is 10.3. The van der Waals surface area contributed by atoms with Gasteiger partial charge in [-0.15, -0.1) is 0 Å². The van der Waals surface area contributed by atoms with Gasteiger partial charge in [-0.1, -0.05) is 32.0 Å². The molecule has 2 bridgehead atoms. The molecule has 3 N–H and O–H groups in total. The van der Waals surface area contributed by atoms with Crippen LogP contribution in [0.1, 0.15) is 91.8 Å². The fourth-order valence-corrected chi connectivity index (χ4v) is 8.83. The summed E-state index contributed by atoms with van der Waals surface area (Å²) in [5, 5.41) is 9.93. The Morgan fingerprint density at radius 1 is 1.00 bits per heavy atom. The Bertz CT molecular complexity index is 2000. The fraction of sp³-hybridized carbons (Fsp3) is 0.500. The minimum atomic E-state index is -0.727. The smallest absolute Gasteiger partial charge is 0.482 e. The number of para-hydroxylation sites is 1. The highest BCUT2D eigenvalue weighted by Crippen LogP contribution is 2.65. The Balaban J connectivity index is 1.14. The first-order valence-electron chi connectivity index (χ1n) is 19.1. The van der Waals surface area contributed by atoms with Crippen LogP contribution in [0.15, 0.2) is 59.6 Å². The molecule has 2 aliphatic heterocycles. The van der Waals surface area contributed by atoms with Crippen molar-refractivity contribution in [2.45, 2.75) is 97.1 Å². The Morgan fingerprint density at radius 3 is 2.51 bits per heavy atom. The SMILES string of the molecule is COc1ccc(CNC2=Nc3cc(C(=O)N[C@@H](Cc4cccc(C(=O)OC(C)(C)C)c4OC)B4OC5CC6CC(C6(C)C)C5(C)O4)ccc3CN2)c(OC)c1. The van der Waals surface area contributed by atoms with Crippen molar-refractivity contribution in [3.8, 4) is 17.2 Å². The Hall–Kier alpha value is -4.75. The van der Waals surface area contributed by atoms with Crippen molar-refractivity contribution < 1.29 is 37.8 Å². The number of fused-ring (bicyclic) bond motifs is 1. The summed E-state index contributed by atoms with van der Waals surface area (Å²) in [6.07, 6.45) is 2.21. The van der Waals surface area contributed by atoms with Gasteiger partial charge in [0.1, 0.15) is 28.4 Å². The second-order valence-corrected chi connectivity index (χ2v) is 16.8. The molecule has 5 atom stereocenters. The third-order valence-electron chi connectivity index (χ3n) is 11.9. The molecule has 8 rings (SSSR count). The number of guanidine groups is 1. The van der Waals surface area contributed by atoms with Gasteiger partial charge in [0.2, 0.25) is 0 Å². The number of nitrogens with zero attached hydrogens (tertiary/aromatic N) is 1. The highest BCUT2D eigenvalue weighted by molar-refractivity contribution is 6.48. The topological polar surface area (TPSA) is 138 Å². The van der Waals surface area contributed by atoms with Crippen LogP contribution in [0.2, 0.25) is 0 Å². The quantitative estimate of drug-likeness (QED) is 0.154. The molecule has 4 fully saturated rings. The van der Waals surface area contributed by atoms with Gasteiger partial charge in [-0.3, -0.25) is 4.79 Å². The third-order valence-corrected chi connectivity index (χ3v) is 11.9. The summed E-state index contributed by atoms with van der Waals surface area (Å²) in [6.45, 7) is 13.3. The number of amides is 1. The van der Waals surface area contributed by atoms with Crippen LogP contribution in [0.3, 0.4) is 0 Å². The lowest BCUT2D eigenvalue weighted by Gasteiger charge is -2.64. The van der Waals surface area contributed by atoms with Gasteiger partial charge < -0.3 is 44.2 Å². The van der Waals surface area contributed by atoms with E-state index in [1.54, 1.807) is 32.4 Å². The Morgan fingerprint density at radius 2 is 1.80 bits per heavy atom. The van der Waals surface area contributed by atoms with Crippen LogP contribution >= 0.6 is 0 Å². The lowest BCUT2D eigenvalue weighted by molar-refractivity contribution is -0.199. The van der Waals surface area contributed by atoms with E-state index >= 15 is 0 Å². The average molecular weight is 753 g/mol. The van der Waals surface area contributed by atoms with Gasteiger partial charge in [0, 0.05) is 30.3 Å². The molecule has 0 aromatic heterocycles. The van der Waals surface area contributed by atoms with Crippen LogP contribution in [0.4, 0.5) is 5.69 Å². The summed E-state index contributed by atoms with van der Waals surface area (Å²) in [5.41, 5.74) is 3.06. The van der Waals surface area contributed by atoms with E-state index in [0.29, 0.717) is 64.9 Å². The van der Waals surface area contributed by atoms with Crippen LogP contribution in [0, 0.1) is 17.3 Å². The maximum atomic E-state index is 14.2. The fourth-order valence-electron chi connectivity index (χ4n) is 8.83. The summed E-state index contributed by atoms with van der Waals surface area (Å²) in [7, 11) is 4.05. The number of hydrogen-bond donors (Lipinski definition) is 3. The molecule has 2 heterocycles. The molecular formula is C42H53BN4O8. The summed E-state index contributed by atoms with van der Waals surface area (Å²) in [6, 6.07) is 16.6. The number of carbonyl (C=O) groups excluding carboxylic acids is 2. The van der Waals surface area contributed by atoms with Crippen molar-refractivity contribution >= 4 is 30.6 Å². The summed E-state index contributed by atoms with van der Waals surface area (Å²) >= 11 is 0. The van der Waals surface area contributed by atoms with E-state index in [-0.39, 0.29) is 23.8 Å². The minimum absolute atomic E-state index is 0.0851. The molecule has 1 amide bonds. The number of nitrogens with one attached hydrogen (secondary N) is 3. The maximum absolute atomic E-state index is 14.2. The molecule has 1 saturated heterocycles. The predicted octanol–water partition coefficient (Wildman–Crippen LogP) is 6.16. The normalized spacial score (nSPS) is 23.8. The molecule has 0 spiro atoms. The zero-order chi connectivity index (χ0) is 39.3. The van der Waals surface area contributed by atoms with Crippen molar-refractivity contribution in [2.75, 3.05) is 21.3 Å². The van der Waals surface area contributed by atoms with E-state index in [1.807, 2.05) is 57.2 Å². The molecule has 5 aliphatic rings. The van der Waals surface area contributed by atoms with E-state index in [9.17, 15) is 9.59 Å². The van der Waals surface area contributed by atoms with E-state index in [2.05, 4.69) is 36.7 Å². The highest BCUT2D eigenvalue weighted by Gasteiger charge is 2.68. The summed E-state index contributed by atoms with van der Waals surface area (Å²) < 4.78 is 36.1. The van der Waals surface area contributed by atoms with Crippen LogP contribution in [-0.4, -0.2) is 69.5 Å². The van der Waals surface area contributed by atoms with E-state index in [4.69, 9.17) is 33.2 Å². The molecule has 12 nitrogen and oxygen atoms in total. The largest absolute Gasteiger partial charge is 0.497 e. The first kappa shape index (κ1) is 38.5. The van der Waals surface area contributed by atoms with Crippen molar-refractivity contribution in [1.82, 2.24) is 16.0 Å². The zero-order valence-electron chi connectivity index (χ0n) is 33.3. The predicted molar refractivity (Wildman–Crippen MR) is 210 cm³/mol. The summed E-state index contributed by atoms with van der Waals surface area (Å²) in [4.78, 5) is 32.3. The number of benzene rings is 3. The zero-order valence-corrected chi connectivity index (χ0v) is 33.3. The molecule has 4 unspecified atom stereocenters. The van der Waals surface area contributed by atoms with Gasteiger partial charge in [0.25, 0.3) is 5.91 Å². The van der Waals surface area contributed by atoms with Gasteiger partial charge >= 0.3 is 13.1 Å². The second-order valence-electron chi connectivity index (χ2n) is 16.8. The lowest BCUT2D eigenvalue weighted by atomic mass is 9.43. The van der Waals surface area contributed by atoms with E-state index in [0.717, 1.165) is 29.5 Å². The Labute approximate surface area is 324 Å². The average Bonchev–Trinajstić information content (AvgIpc) is 3.52. The van der Waals surface area contributed by atoms with Crippen LogP contribution in [0.25, 0.3) is 0 Å². The second kappa shape index (κ2) is 14.7. The van der Waals surface area contributed by atoms with Gasteiger partial charge in [-0.05, 0) is 106 Å². The summed E-state index contributed by atoms with van der Waals surface area (Å²) in [5.74, 6) is 1.91. The van der Waals surface area contributed by atoms with E-state index in [1.165, 1.54) is 7.11 Å².